The highest BCUT2D eigenvalue weighted by Crippen LogP contribution is 2.40. The van der Waals surface area contributed by atoms with Gasteiger partial charge in [-0.05, 0) is 86.4 Å². The first-order valence-electron chi connectivity index (χ1n) is 12.7. The number of piperidine rings is 1. The number of methoxy groups -OCH3 is 1. The molecule has 0 radical (unpaired) electrons. The minimum Gasteiger partial charge on any atom is -0.496 e. The van der Waals surface area contributed by atoms with Crippen molar-refractivity contribution in [2.45, 2.75) is 79.6 Å². The number of nitrogens with zero attached hydrogens (tertiary/aromatic N) is 2. The van der Waals surface area contributed by atoms with E-state index in [9.17, 15) is 14.4 Å². The van der Waals surface area contributed by atoms with Crippen molar-refractivity contribution in [2.75, 3.05) is 26.8 Å². The van der Waals surface area contributed by atoms with Crippen molar-refractivity contribution in [1.82, 2.24) is 14.9 Å². The van der Waals surface area contributed by atoms with E-state index in [1.807, 2.05) is 0 Å². The van der Waals surface area contributed by atoms with Crippen molar-refractivity contribution in [1.29, 1.82) is 0 Å². The molecule has 0 spiro atoms. The van der Waals surface area contributed by atoms with E-state index in [0.29, 0.717) is 22.2 Å². The van der Waals surface area contributed by atoms with Crippen LogP contribution < -0.4 is 20.3 Å². The molecule has 1 fully saturated rings. The summed E-state index contributed by atoms with van der Waals surface area (Å²) in [6.07, 6.45) is 1.49. The summed E-state index contributed by atoms with van der Waals surface area (Å²) >= 11 is 0. The van der Waals surface area contributed by atoms with Crippen molar-refractivity contribution < 1.29 is 28.5 Å². The molecule has 1 N–H and O–H groups in total. The monoisotopic (exact) mass is 517 g/mol. The molecule has 3 rings (SSSR count). The molecule has 0 atom stereocenters. The van der Waals surface area contributed by atoms with Gasteiger partial charge in [0.05, 0.1) is 30.0 Å². The van der Waals surface area contributed by atoms with Crippen LogP contribution in [0.1, 0.15) is 83.1 Å². The number of carbonyl (C=O) groups is 2. The fourth-order valence-corrected chi connectivity index (χ4v) is 4.27. The second kappa shape index (κ2) is 11.1. The number of nitrogens with one attached hydrogen (secondary N) is 1. The molecule has 37 heavy (non-hydrogen) atoms. The van der Waals surface area contributed by atoms with Crippen LogP contribution in [0.15, 0.2) is 10.9 Å². The number of ether oxygens (including phenoxy) is 4. The van der Waals surface area contributed by atoms with Gasteiger partial charge in [-0.15, -0.1) is 0 Å². The van der Waals surface area contributed by atoms with Crippen molar-refractivity contribution in [3.8, 4) is 11.8 Å². The third-order valence-corrected chi connectivity index (χ3v) is 5.98. The first kappa shape index (κ1) is 28.4. The van der Waals surface area contributed by atoms with Crippen LogP contribution in [0.4, 0.5) is 0 Å². The number of fused-ring (bicyclic) bond motifs is 1. The van der Waals surface area contributed by atoms with Gasteiger partial charge in [0.15, 0.2) is 6.73 Å². The molecule has 0 saturated carbocycles. The average Bonchev–Trinajstić information content (AvgIpc) is 2.81. The molecule has 1 aromatic carbocycles. The molecule has 1 aliphatic rings. The molecule has 10 heteroatoms. The van der Waals surface area contributed by atoms with Gasteiger partial charge >= 0.3 is 17.9 Å². The molecule has 1 aliphatic heterocycles. The number of benzene rings is 1. The van der Waals surface area contributed by atoms with Gasteiger partial charge in [0, 0.05) is 5.56 Å². The Morgan fingerprint density at radius 1 is 1.14 bits per heavy atom. The summed E-state index contributed by atoms with van der Waals surface area (Å²) < 4.78 is 23.8. The van der Waals surface area contributed by atoms with Crippen LogP contribution in [-0.2, 0) is 21.0 Å². The zero-order valence-electron chi connectivity index (χ0n) is 23.1. The first-order valence-corrected chi connectivity index (χ1v) is 12.7. The van der Waals surface area contributed by atoms with Crippen LogP contribution in [-0.4, -0.2) is 53.9 Å². The lowest BCUT2D eigenvalue weighted by molar-refractivity contribution is -0.157. The standard InChI is InChI=1S/C27H39N3O7/c1-9-35-25-29-18-14-17(23(32)37-27(5,6)7)21(34-8)19(16-10-12-28-13-11-16)20(18)22(31)30(25)15-36-24(33)26(2,3)4/h14,16,28H,9-13,15H2,1-8H3. The predicted octanol–water partition coefficient (Wildman–Crippen LogP) is 3.77. The zero-order chi connectivity index (χ0) is 27.5. The smallest absolute Gasteiger partial charge is 0.342 e. The quantitative estimate of drug-likeness (QED) is 0.548. The number of aromatic nitrogens is 2. The highest BCUT2D eigenvalue weighted by molar-refractivity contribution is 6.00. The van der Waals surface area contributed by atoms with Crippen LogP contribution in [0.5, 0.6) is 11.8 Å². The third kappa shape index (κ3) is 6.41. The van der Waals surface area contributed by atoms with E-state index in [0.717, 1.165) is 25.9 Å². The van der Waals surface area contributed by atoms with E-state index in [1.165, 1.54) is 17.7 Å². The van der Waals surface area contributed by atoms with E-state index < -0.39 is 28.5 Å². The van der Waals surface area contributed by atoms with Crippen LogP contribution in [0.25, 0.3) is 10.9 Å². The molecule has 1 saturated heterocycles. The predicted molar refractivity (Wildman–Crippen MR) is 139 cm³/mol. The SMILES string of the molecule is CCOc1nc2cc(C(=O)OC(C)(C)C)c(OC)c(C3CCNCC3)c2c(=O)n1COC(=O)C(C)(C)C. The van der Waals surface area contributed by atoms with Gasteiger partial charge in [-0.2, -0.15) is 4.98 Å². The van der Waals surface area contributed by atoms with Gasteiger partial charge in [0.2, 0.25) is 0 Å². The highest BCUT2D eigenvalue weighted by atomic mass is 16.6. The Balaban J connectivity index is 2.31. The van der Waals surface area contributed by atoms with Crippen molar-refractivity contribution >= 4 is 22.8 Å². The van der Waals surface area contributed by atoms with Gasteiger partial charge in [-0.25, -0.2) is 9.36 Å². The minimum atomic E-state index is -0.745. The Morgan fingerprint density at radius 2 is 1.78 bits per heavy atom. The van der Waals surface area contributed by atoms with Gasteiger partial charge in [0.1, 0.15) is 16.9 Å². The Labute approximate surface area is 217 Å². The number of hydrogen-bond donors (Lipinski definition) is 1. The van der Waals surface area contributed by atoms with Gasteiger partial charge in [-0.1, -0.05) is 0 Å². The third-order valence-electron chi connectivity index (χ3n) is 5.98. The summed E-state index contributed by atoms with van der Waals surface area (Å²) in [6, 6.07) is 1.51. The summed E-state index contributed by atoms with van der Waals surface area (Å²) in [4.78, 5) is 44.3. The molecule has 0 bridgehead atoms. The Morgan fingerprint density at radius 3 is 2.32 bits per heavy atom. The molecular formula is C27H39N3O7. The summed E-state index contributed by atoms with van der Waals surface area (Å²) in [5.74, 6) is -0.781. The second-order valence-corrected chi connectivity index (χ2v) is 11.2. The summed E-state index contributed by atoms with van der Waals surface area (Å²) in [6.45, 7) is 13.7. The van der Waals surface area contributed by atoms with Crippen LogP contribution >= 0.6 is 0 Å². The fraction of sp³-hybridized carbons (Fsp3) is 0.630. The Kier molecular flexibility index (Phi) is 8.52. The number of hydrogen-bond acceptors (Lipinski definition) is 9. The highest BCUT2D eigenvalue weighted by Gasteiger charge is 2.32. The van der Waals surface area contributed by atoms with Crippen molar-refractivity contribution in [3.63, 3.8) is 0 Å². The number of carbonyl (C=O) groups excluding carboxylic acids is 2. The second-order valence-electron chi connectivity index (χ2n) is 11.2. The maximum Gasteiger partial charge on any atom is 0.342 e. The van der Waals surface area contributed by atoms with Crippen molar-refractivity contribution in [2.24, 2.45) is 5.41 Å². The van der Waals surface area contributed by atoms with Crippen LogP contribution in [0.2, 0.25) is 0 Å². The van der Waals surface area contributed by atoms with E-state index >= 15 is 0 Å². The zero-order valence-corrected chi connectivity index (χ0v) is 23.1. The number of rotatable bonds is 7. The van der Waals surface area contributed by atoms with Gasteiger partial charge in [-0.3, -0.25) is 9.59 Å². The number of esters is 2. The lowest BCUT2D eigenvalue weighted by atomic mass is 9.86. The summed E-state index contributed by atoms with van der Waals surface area (Å²) in [7, 11) is 1.48. The first-order chi connectivity index (χ1) is 17.3. The van der Waals surface area contributed by atoms with Crippen molar-refractivity contribution in [3.05, 3.63) is 27.5 Å². The van der Waals surface area contributed by atoms with Crippen LogP contribution in [0.3, 0.4) is 0 Å². The van der Waals surface area contributed by atoms with Gasteiger partial charge in [0.25, 0.3) is 5.56 Å². The summed E-state index contributed by atoms with van der Waals surface area (Å²) in [5.41, 5.74) is -0.801. The molecule has 10 nitrogen and oxygen atoms in total. The normalized spacial score (nSPS) is 14.9. The average molecular weight is 518 g/mol. The molecule has 2 aromatic rings. The maximum atomic E-state index is 14.0. The van der Waals surface area contributed by atoms with E-state index in [-0.39, 0.29) is 30.8 Å². The lowest BCUT2D eigenvalue weighted by Crippen LogP contribution is -2.32. The van der Waals surface area contributed by atoms with Gasteiger partial charge < -0.3 is 24.3 Å². The topological polar surface area (TPSA) is 118 Å². The Hall–Kier alpha value is -3.14. The van der Waals surface area contributed by atoms with E-state index in [2.05, 4.69) is 10.3 Å². The van der Waals surface area contributed by atoms with Crippen LogP contribution in [0, 0.1) is 5.41 Å². The minimum absolute atomic E-state index is 0.00160. The molecule has 0 amide bonds. The molecular weight excluding hydrogens is 478 g/mol. The molecule has 2 heterocycles. The largest absolute Gasteiger partial charge is 0.496 e. The maximum absolute atomic E-state index is 14.0. The molecule has 1 aromatic heterocycles. The lowest BCUT2D eigenvalue weighted by Gasteiger charge is -2.28. The molecule has 204 valence electrons. The Bertz CT molecular complexity index is 1220. The van der Waals surface area contributed by atoms with E-state index in [4.69, 9.17) is 18.9 Å². The fourth-order valence-electron chi connectivity index (χ4n) is 4.27. The molecule has 0 aliphatic carbocycles. The van der Waals surface area contributed by atoms with E-state index in [1.54, 1.807) is 48.5 Å². The molecule has 0 unspecified atom stereocenters. The summed E-state index contributed by atoms with van der Waals surface area (Å²) in [5, 5.41) is 3.64.